The molecule has 2 rings (SSSR count). The summed E-state index contributed by atoms with van der Waals surface area (Å²) >= 11 is 0. The summed E-state index contributed by atoms with van der Waals surface area (Å²) in [6.45, 7) is 5.49. The Hall–Kier alpha value is -1.67. The van der Waals surface area contributed by atoms with E-state index < -0.39 is 0 Å². The maximum atomic E-state index is 13.1. The third kappa shape index (κ3) is 7.10. The number of benzene rings is 2. The van der Waals surface area contributed by atoms with E-state index >= 15 is 0 Å². The molecule has 2 aromatic carbocycles. The summed E-state index contributed by atoms with van der Waals surface area (Å²) in [4.78, 5) is 4.25. The van der Waals surface area contributed by atoms with E-state index in [1.807, 2.05) is 42.5 Å². The Kier molecular flexibility index (Phi) is 9.73. The van der Waals surface area contributed by atoms with Gasteiger partial charge in [0.2, 0.25) is 0 Å². The van der Waals surface area contributed by atoms with Crippen LogP contribution >= 0.6 is 24.0 Å². The van der Waals surface area contributed by atoms with Crippen molar-refractivity contribution in [1.82, 2.24) is 10.6 Å². The molecule has 0 radical (unpaired) electrons. The van der Waals surface area contributed by atoms with Crippen molar-refractivity contribution in [3.63, 3.8) is 0 Å². The lowest BCUT2D eigenvalue weighted by Crippen LogP contribution is -2.44. The molecule has 3 N–H and O–H groups in total. The van der Waals surface area contributed by atoms with Crippen molar-refractivity contribution < 1.29 is 9.50 Å². The van der Waals surface area contributed by atoms with Gasteiger partial charge in [0, 0.05) is 31.5 Å². The maximum absolute atomic E-state index is 13.1. The van der Waals surface area contributed by atoms with E-state index in [9.17, 15) is 9.50 Å². The summed E-state index contributed by atoms with van der Waals surface area (Å²) in [7, 11) is 1.72. The molecule has 27 heavy (non-hydrogen) atoms. The number of hydrogen-bond acceptors (Lipinski definition) is 2. The number of aliphatic hydroxyl groups is 1. The van der Waals surface area contributed by atoms with Crippen molar-refractivity contribution in [2.45, 2.75) is 25.2 Å². The van der Waals surface area contributed by atoms with E-state index in [2.05, 4.69) is 29.5 Å². The summed E-state index contributed by atoms with van der Waals surface area (Å²) in [6.07, 6.45) is 0. The molecule has 0 aliphatic rings. The smallest absolute Gasteiger partial charge is 0.191 e. The molecule has 2 aromatic rings. The van der Waals surface area contributed by atoms with Gasteiger partial charge >= 0.3 is 0 Å². The van der Waals surface area contributed by atoms with Crippen LogP contribution in [0.15, 0.2) is 59.6 Å². The topological polar surface area (TPSA) is 56.7 Å². The Morgan fingerprint density at radius 3 is 2.26 bits per heavy atom. The van der Waals surface area contributed by atoms with Gasteiger partial charge in [-0.15, -0.1) is 24.0 Å². The van der Waals surface area contributed by atoms with E-state index in [-0.39, 0.29) is 47.7 Å². The highest BCUT2D eigenvalue weighted by atomic mass is 127. The lowest BCUT2D eigenvalue weighted by Gasteiger charge is -2.27. The molecule has 0 amide bonds. The van der Waals surface area contributed by atoms with Crippen molar-refractivity contribution in [1.29, 1.82) is 0 Å². The van der Waals surface area contributed by atoms with Gasteiger partial charge in [0.1, 0.15) is 5.82 Å². The summed E-state index contributed by atoms with van der Waals surface area (Å²) in [5.41, 5.74) is 1.96. The van der Waals surface area contributed by atoms with Crippen LogP contribution in [-0.4, -0.2) is 37.8 Å². The lowest BCUT2D eigenvalue weighted by atomic mass is 9.84. The van der Waals surface area contributed by atoms with Crippen LogP contribution < -0.4 is 10.6 Å². The second kappa shape index (κ2) is 11.2. The molecule has 0 spiro atoms. The average molecular weight is 485 g/mol. The fourth-order valence-electron chi connectivity index (χ4n) is 2.76. The Morgan fingerprint density at radius 1 is 1.07 bits per heavy atom. The second-order valence-corrected chi connectivity index (χ2v) is 6.99. The number of rotatable bonds is 7. The first-order valence-corrected chi connectivity index (χ1v) is 8.82. The van der Waals surface area contributed by atoms with Gasteiger partial charge in [0.05, 0.1) is 6.61 Å². The minimum absolute atomic E-state index is 0. The monoisotopic (exact) mass is 485 g/mol. The highest BCUT2D eigenvalue weighted by Crippen LogP contribution is 2.22. The molecule has 1 atom stereocenters. The number of hydrogen-bond donors (Lipinski definition) is 3. The highest BCUT2D eigenvalue weighted by molar-refractivity contribution is 14.0. The molecule has 148 valence electrons. The van der Waals surface area contributed by atoms with Gasteiger partial charge in [-0.25, -0.2) is 4.39 Å². The fourth-order valence-corrected chi connectivity index (χ4v) is 2.76. The maximum Gasteiger partial charge on any atom is 0.191 e. The average Bonchev–Trinajstić information content (AvgIpc) is 2.66. The number of halogens is 2. The van der Waals surface area contributed by atoms with Gasteiger partial charge in [-0.3, -0.25) is 4.99 Å². The molecule has 0 aliphatic carbocycles. The van der Waals surface area contributed by atoms with E-state index in [0.29, 0.717) is 19.0 Å². The van der Waals surface area contributed by atoms with E-state index in [1.165, 1.54) is 12.1 Å². The number of aliphatic hydroxyl groups excluding tert-OH is 1. The lowest BCUT2D eigenvalue weighted by molar-refractivity contribution is 0.265. The summed E-state index contributed by atoms with van der Waals surface area (Å²) in [5, 5.41) is 16.3. The first-order chi connectivity index (χ1) is 12.5. The predicted molar refractivity (Wildman–Crippen MR) is 120 cm³/mol. The number of aliphatic imine (C=N–C) groups is 1. The van der Waals surface area contributed by atoms with E-state index in [4.69, 9.17) is 0 Å². The third-order valence-corrected chi connectivity index (χ3v) is 4.55. The van der Waals surface area contributed by atoms with Crippen LogP contribution in [0.1, 0.15) is 30.9 Å². The fraction of sp³-hybridized carbons (Fsp3) is 0.381. The van der Waals surface area contributed by atoms with Gasteiger partial charge < -0.3 is 15.7 Å². The molecule has 0 saturated heterocycles. The van der Waals surface area contributed by atoms with Gasteiger partial charge in [-0.2, -0.15) is 0 Å². The number of guanidine groups is 1. The first-order valence-electron chi connectivity index (χ1n) is 8.82. The minimum Gasteiger partial charge on any atom is -0.396 e. The number of nitrogens with one attached hydrogen (secondary N) is 2. The quantitative estimate of drug-likeness (QED) is 0.319. The molecule has 4 nitrogen and oxygen atoms in total. The Morgan fingerprint density at radius 2 is 1.70 bits per heavy atom. The van der Waals surface area contributed by atoms with Crippen molar-refractivity contribution in [2.24, 2.45) is 4.99 Å². The molecule has 0 aromatic heterocycles. The van der Waals surface area contributed by atoms with Gasteiger partial charge in [-0.1, -0.05) is 56.3 Å². The molecule has 0 fully saturated rings. The van der Waals surface area contributed by atoms with Gasteiger partial charge in [0.15, 0.2) is 5.96 Å². The predicted octanol–water partition coefficient (Wildman–Crippen LogP) is 3.66. The SMILES string of the molecule is CN=C(NCC(CO)c1ccccc1)NCC(C)(C)c1ccc(F)cc1.I. The first kappa shape index (κ1) is 23.4. The van der Waals surface area contributed by atoms with Crippen molar-refractivity contribution in [3.8, 4) is 0 Å². The van der Waals surface area contributed by atoms with Crippen LogP contribution in [0.5, 0.6) is 0 Å². The van der Waals surface area contributed by atoms with E-state index in [1.54, 1.807) is 7.05 Å². The molecule has 1 unspecified atom stereocenters. The molecule has 0 saturated carbocycles. The zero-order valence-corrected chi connectivity index (χ0v) is 18.4. The van der Waals surface area contributed by atoms with Crippen molar-refractivity contribution in [2.75, 3.05) is 26.7 Å². The van der Waals surface area contributed by atoms with E-state index in [0.717, 1.165) is 11.1 Å². The summed E-state index contributed by atoms with van der Waals surface area (Å²) < 4.78 is 13.1. The third-order valence-electron chi connectivity index (χ3n) is 4.55. The summed E-state index contributed by atoms with van der Waals surface area (Å²) in [6, 6.07) is 16.5. The van der Waals surface area contributed by atoms with Crippen LogP contribution in [-0.2, 0) is 5.41 Å². The van der Waals surface area contributed by atoms with Crippen LogP contribution in [0.3, 0.4) is 0 Å². The van der Waals surface area contributed by atoms with Crippen molar-refractivity contribution in [3.05, 3.63) is 71.5 Å². The van der Waals surface area contributed by atoms with Gasteiger partial charge in [0.25, 0.3) is 0 Å². The normalized spacial score (nSPS) is 12.9. The van der Waals surface area contributed by atoms with Crippen LogP contribution in [0, 0.1) is 5.82 Å². The molecule has 6 heteroatoms. The molecular formula is C21H29FIN3O. The molecule has 0 bridgehead atoms. The van der Waals surface area contributed by atoms with Crippen LogP contribution in [0.25, 0.3) is 0 Å². The molecule has 0 aliphatic heterocycles. The van der Waals surface area contributed by atoms with Crippen LogP contribution in [0.2, 0.25) is 0 Å². The Balaban J connectivity index is 0.00000364. The number of nitrogens with zero attached hydrogens (tertiary/aromatic N) is 1. The Bertz CT molecular complexity index is 705. The zero-order chi connectivity index (χ0) is 19.0. The van der Waals surface area contributed by atoms with Gasteiger partial charge in [-0.05, 0) is 23.3 Å². The standard InChI is InChI=1S/C21H28FN3O.HI/c1-21(2,18-9-11-19(22)12-10-18)15-25-20(23-3)24-13-17(14-26)16-7-5-4-6-8-16;/h4-12,17,26H,13-15H2,1-3H3,(H2,23,24,25);1H. The molecular weight excluding hydrogens is 456 g/mol. The van der Waals surface area contributed by atoms with Crippen LogP contribution in [0.4, 0.5) is 4.39 Å². The minimum atomic E-state index is -0.231. The second-order valence-electron chi connectivity index (χ2n) is 6.99. The molecule has 0 heterocycles. The largest absolute Gasteiger partial charge is 0.396 e. The Labute approximate surface area is 178 Å². The summed E-state index contributed by atoms with van der Waals surface area (Å²) in [5.74, 6) is 0.445. The zero-order valence-electron chi connectivity index (χ0n) is 16.1. The van der Waals surface area contributed by atoms with Crippen molar-refractivity contribution >= 4 is 29.9 Å². The highest BCUT2D eigenvalue weighted by Gasteiger charge is 2.21.